The first kappa shape index (κ1) is 13.2. The molecule has 2 atom stereocenters. The summed E-state index contributed by atoms with van der Waals surface area (Å²) in [6, 6.07) is 0. The average molecular weight is 232 g/mol. The van der Waals surface area contributed by atoms with E-state index in [4.69, 9.17) is 10.5 Å². The minimum atomic E-state index is -1.04. The number of carbonyl (C=O) groups is 1. The van der Waals surface area contributed by atoms with E-state index in [0.717, 1.165) is 0 Å². The summed E-state index contributed by atoms with van der Waals surface area (Å²) >= 11 is 0. The summed E-state index contributed by atoms with van der Waals surface area (Å²) in [5.41, 5.74) is 4.91. The van der Waals surface area contributed by atoms with Gasteiger partial charge in [0.15, 0.2) is 0 Å². The van der Waals surface area contributed by atoms with Crippen LogP contribution in [0.15, 0.2) is 0 Å². The Balaban J connectivity index is 2.48. The first-order valence-electron chi connectivity index (χ1n) is 5.65. The highest BCUT2D eigenvalue weighted by molar-refractivity contribution is 5.68. The van der Waals surface area contributed by atoms with Crippen molar-refractivity contribution in [3.8, 4) is 0 Å². The number of hydrogen-bond acceptors (Lipinski definition) is 3. The third kappa shape index (κ3) is 3.63. The van der Waals surface area contributed by atoms with Crippen LogP contribution in [0.3, 0.4) is 0 Å². The minimum absolute atomic E-state index is 0.0940. The number of amides is 1. The molecule has 16 heavy (non-hydrogen) atoms. The first-order valence-corrected chi connectivity index (χ1v) is 5.65. The monoisotopic (exact) mass is 232 g/mol. The van der Waals surface area contributed by atoms with Crippen LogP contribution in [0, 0.1) is 5.92 Å². The van der Waals surface area contributed by atoms with Gasteiger partial charge >= 0.3 is 6.09 Å². The van der Waals surface area contributed by atoms with Crippen LogP contribution in [0.2, 0.25) is 0 Å². The maximum atomic E-state index is 13.6. The Morgan fingerprint density at radius 1 is 1.56 bits per heavy atom. The SMILES string of the molecule is CC(C)(C)OC(=O)N1CC[C@H](CN)[C@@H](F)C1. The fourth-order valence-corrected chi connectivity index (χ4v) is 1.71. The van der Waals surface area contributed by atoms with Gasteiger partial charge < -0.3 is 15.4 Å². The van der Waals surface area contributed by atoms with Crippen molar-refractivity contribution >= 4 is 6.09 Å². The van der Waals surface area contributed by atoms with Gasteiger partial charge in [-0.05, 0) is 33.7 Å². The molecule has 0 radical (unpaired) electrons. The molecule has 1 amide bonds. The van der Waals surface area contributed by atoms with E-state index in [9.17, 15) is 9.18 Å². The minimum Gasteiger partial charge on any atom is -0.444 e. The van der Waals surface area contributed by atoms with Crippen LogP contribution in [-0.4, -0.2) is 42.4 Å². The molecule has 0 aromatic carbocycles. The topological polar surface area (TPSA) is 55.6 Å². The molecular formula is C11H21FN2O2. The van der Waals surface area contributed by atoms with E-state index in [-0.39, 0.29) is 12.5 Å². The van der Waals surface area contributed by atoms with Crippen molar-refractivity contribution in [1.29, 1.82) is 0 Å². The van der Waals surface area contributed by atoms with Gasteiger partial charge in [0.25, 0.3) is 0 Å². The van der Waals surface area contributed by atoms with Gasteiger partial charge in [0, 0.05) is 12.5 Å². The molecule has 4 nitrogen and oxygen atoms in total. The van der Waals surface area contributed by atoms with E-state index < -0.39 is 17.9 Å². The molecular weight excluding hydrogens is 211 g/mol. The van der Waals surface area contributed by atoms with E-state index in [1.807, 2.05) is 0 Å². The van der Waals surface area contributed by atoms with Crippen molar-refractivity contribution in [1.82, 2.24) is 4.90 Å². The molecule has 1 aliphatic rings. The lowest BCUT2D eigenvalue weighted by Crippen LogP contribution is -2.48. The van der Waals surface area contributed by atoms with Crippen molar-refractivity contribution in [3.63, 3.8) is 0 Å². The standard InChI is InChI=1S/C11H21FN2O2/c1-11(2,3)16-10(15)14-5-4-8(6-13)9(12)7-14/h8-9H,4-7,13H2,1-3H3/t8-,9+/m1/s1. The molecule has 0 saturated carbocycles. The van der Waals surface area contributed by atoms with E-state index in [1.54, 1.807) is 20.8 Å². The van der Waals surface area contributed by atoms with Crippen LogP contribution in [-0.2, 0) is 4.74 Å². The second-order valence-electron chi connectivity index (χ2n) is 5.23. The van der Waals surface area contributed by atoms with Crippen molar-refractivity contribution in [2.24, 2.45) is 11.7 Å². The zero-order valence-corrected chi connectivity index (χ0v) is 10.2. The molecule has 5 heteroatoms. The van der Waals surface area contributed by atoms with Crippen molar-refractivity contribution in [2.45, 2.75) is 39.0 Å². The van der Waals surface area contributed by atoms with Crippen molar-refractivity contribution in [2.75, 3.05) is 19.6 Å². The number of rotatable bonds is 1. The third-order valence-corrected chi connectivity index (χ3v) is 2.63. The van der Waals surface area contributed by atoms with Gasteiger partial charge in [0.1, 0.15) is 11.8 Å². The molecule has 1 saturated heterocycles. The molecule has 0 aromatic rings. The second kappa shape index (κ2) is 4.99. The predicted molar refractivity (Wildman–Crippen MR) is 59.9 cm³/mol. The average Bonchev–Trinajstić information content (AvgIpc) is 2.15. The van der Waals surface area contributed by atoms with Gasteiger partial charge in [0.2, 0.25) is 0 Å². The number of nitrogens with two attached hydrogens (primary N) is 1. The van der Waals surface area contributed by atoms with Crippen LogP contribution in [0.25, 0.3) is 0 Å². The Kier molecular flexibility index (Phi) is 4.13. The lowest BCUT2D eigenvalue weighted by atomic mass is 9.95. The van der Waals surface area contributed by atoms with E-state index in [2.05, 4.69) is 0 Å². The normalized spacial score (nSPS) is 26.7. The van der Waals surface area contributed by atoms with Crippen LogP contribution in [0.5, 0.6) is 0 Å². The van der Waals surface area contributed by atoms with Gasteiger partial charge in [-0.3, -0.25) is 0 Å². The number of alkyl halides is 1. The largest absolute Gasteiger partial charge is 0.444 e. The Morgan fingerprint density at radius 3 is 2.62 bits per heavy atom. The zero-order chi connectivity index (χ0) is 12.3. The summed E-state index contributed by atoms with van der Waals surface area (Å²) in [5.74, 6) is -0.126. The van der Waals surface area contributed by atoms with E-state index in [1.165, 1.54) is 4.90 Å². The van der Waals surface area contributed by atoms with Crippen LogP contribution >= 0.6 is 0 Å². The van der Waals surface area contributed by atoms with Crippen LogP contribution in [0.1, 0.15) is 27.2 Å². The number of nitrogens with zero attached hydrogens (tertiary/aromatic N) is 1. The molecule has 0 bridgehead atoms. The summed E-state index contributed by atoms with van der Waals surface area (Å²) in [6.45, 7) is 6.34. The van der Waals surface area contributed by atoms with E-state index >= 15 is 0 Å². The summed E-state index contributed by atoms with van der Waals surface area (Å²) < 4.78 is 18.7. The number of carbonyl (C=O) groups excluding carboxylic acids is 1. The fraction of sp³-hybridized carbons (Fsp3) is 0.909. The van der Waals surface area contributed by atoms with Gasteiger partial charge in [-0.2, -0.15) is 0 Å². The molecule has 0 spiro atoms. The summed E-state index contributed by atoms with van der Waals surface area (Å²) in [7, 11) is 0. The second-order valence-corrected chi connectivity index (χ2v) is 5.23. The van der Waals surface area contributed by atoms with Crippen molar-refractivity contribution in [3.05, 3.63) is 0 Å². The fourth-order valence-electron chi connectivity index (χ4n) is 1.71. The van der Waals surface area contributed by atoms with Gasteiger partial charge in [-0.15, -0.1) is 0 Å². The van der Waals surface area contributed by atoms with Crippen LogP contribution < -0.4 is 5.73 Å². The third-order valence-electron chi connectivity index (χ3n) is 2.63. The number of piperidine rings is 1. The molecule has 1 heterocycles. The Labute approximate surface area is 95.9 Å². The number of halogens is 1. The Bertz CT molecular complexity index is 253. The number of likely N-dealkylation sites (tertiary alicyclic amines) is 1. The highest BCUT2D eigenvalue weighted by Crippen LogP contribution is 2.21. The zero-order valence-electron chi connectivity index (χ0n) is 10.2. The molecule has 94 valence electrons. The Hall–Kier alpha value is -0.840. The van der Waals surface area contributed by atoms with Crippen molar-refractivity contribution < 1.29 is 13.9 Å². The molecule has 0 aromatic heterocycles. The molecule has 1 aliphatic heterocycles. The Morgan fingerprint density at radius 2 is 2.19 bits per heavy atom. The summed E-state index contributed by atoms with van der Waals surface area (Å²) in [5, 5.41) is 0. The summed E-state index contributed by atoms with van der Waals surface area (Å²) in [4.78, 5) is 13.1. The maximum absolute atomic E-state index is 13.6. The summed E-state index contributed by atoms with van der Waals surface area (Å²) in [6.07, 6.45) is -0.867. The molecule has 2 N–H and O–H groups in total. The molecule has 1 fully saturated rings. The molecule has 0 unspecified atom stereocenters. The smallest absolute Gasteiger partial charge is 0.410 e. The lowest BCUT2D eigenvalue weighted by Gasteiger charge is -2.35. The lowest BCUT2D eigenvalue weighted by molar-refractivity contribution is 0.00625. The number of ether oxygens (including phenoxy) is 1. The molecule has 1 rings (SSSR count). The highest BCUT2D eigenvalue weighted by atomic mass is 19.1. The number of hydrogen-bond donors (Lipinski definition) is 1. The van der Waals surface area contributed by atoms with Gasteiger partial charge in [-0.25, -0.2) is 9.18 Å². The van der Waals surface area contributed by atoms with E-state index in [0.29, 0.717) is 19.5 Å². The predicted octanol–water partition coefficient (Wildman–Crippen LogP) is 1.54. The quantitative estimate of drug-likeness (QED) is 0.746. The first-order chi connectivity index (χ1) is 7.33. The van der Waals surface area contributed by atoms with Gasteiger partial charge in [-0.1, -0.05) is 0 Å². The maximum Gasteiger partial charge on any atom is 0.410 e. The highest BCUT2D eigenvalue weighted by Gasteiger charge is 2.32. The van der Waals surface area contributed by atoms with Gasteiger partial charge in [0.05, 0.1) is 6.54 Å². The molecule has 0 aliphatic carbocycles. The van der Waals surface area contributed by atoms with Crippen LogP contribution in [0.4, 0.5) is 9.18 Å².